The van der Waals surface area contributed by atoms with E-state index < -0.39 is 57.6 Å². The summed E-state index contributed by atoms with van der Waals surface area (Å²) >= 11 is 0. The average molecular weight is 974 g/mol. The third kappa shape index (κ3) is 49.1. The molecule has 0 aliphatic heterocycles. The highest BCUT2D eigenvalue weighted by Crippen LogP contribution is 2.43. The molecule has 1 amide bonds. The Balaban J connectivity index is 3.87. The topological polar surface area (TPSA) is 169 Å². The normalized spacial score (nSPS) is 14.2. The van der Waals surface area contributed by atoms with Gasteiger partial charge in [0.25, 0.3) is 0 Å². The minimum absolute atomic E-state index is 0.135. The Hall–Kier alpha value is -3.34. The Kier molecular flexibility index (Phi) is 47.6. The molecule has 3 unspecified atom stereocenters. The van der Waals surface area contributed by atoms with Gasteiger partial charge in [-0.25, -0.2) is 9.36 Å². The van der Waals surface area contributed by atoms with Crippen molar-refractivity contribution >= 4 is 25.7 Å². The third-order valence-corrected chi connectivity index (χ3v) is 12.1. The molecular formula is C56H96NO10P. The number of carbonyl (C=O) groups is 3. The number of rotatable bonds is 49. The van der Waals surface area contributed by atoms with Gasteiger partial charge in [-0.05, 0) is 96.3 Å². The number of carbonyl (C=O) groups excluding carboxylic acids is 2. The van der Waals surface area contributed by atoms with E-state index >= 15 is 0 Å². The summed E-state index contributed by atoms with van der Waals surface area (Å²) in [6.07, 6.45) is 63.1. The number of nitrogens with one attached hydrogen (secondary N) is 1. The number of phosphoric acid groups is 1. The predicted octanol–water partition coefficient (Wildman–Crippen LogP) is 15.0. The van der Waals surface area contributed by atoms with Crippen LogP contribution in [0.4, 0.5) is 0 Å². The van der Waals surface area contributed by atoms with Crippen molar-refractivity contribution in [2.45, 2.75) is 231 Å². The number of allylic oxidation sites excluding steroid dienone is 14. The second-order valence-electron chi connectivity index (χ2n) is 17.7. The molecule has 0 aliphatic rings. The molecule has 0 aliphatic carbocycles. The lowest BCUT2D eigenvalue weighted by molar-refractivity contribution is -0.147. The molecule has 0 radical (unpaired) electrons. The largest absolute Gasteiger partial charge is 0.480 e. The van der Waals surface area contributed by atoms with Crippen LogP contribution >= 0.6 is 7.82 Å². The van der Waals surface area contributed by atoms with E-state index in [1.54, 1.807) is 0 Å². The summed E-state index contributed by atoms with van der Waals surface area (Å²) in [4.78, 5) is 46.2. The van der Waals surface area contributed by atoms with Crippen LogP contribution in [0, 0.1) is 0 Å². The van der Waals surface area contributed by atoms with Gasteiger partial charge >= 0.3 is 19.8 Å². The van der Waals surface area contributed by atoms with E-state index in [-0.39, 0.29) is 12.8 Å². The summed E-state index contributed by atoms with van der Waals surface area (Å²) < 4.78 is 27.0. The summed E-state index contributed by atoms with van der Waals surface area (Å²) in [7, 11) is -4.78. The quantitative estimate of drug-likeness (QED) is 0.0199. The Morgan fingerprint density at radius 3 is 1.21 bits per heavy atom. The number of aliphatic carboxylic acids is 1. The van der Waals surface area contributed by atoms with Gasteiger partial charge in [0.15, 0.2) is 6.04 Å². The van der Waals surface area contributed by atoms with Crippen molar-refractivity contribution in [1.29, 1.82) is 0 Å². The molecule has 0 saturated carbocycles. The monoisotopic (exact) mass is 974 g/mol. The molecule has 0 fully saturated rings. The molecule has 0 rings (SSSR count). The highest BCUT2D eigenvalue weighted by Gasteiger charge is 2.28. The molecule has 0 aromatic rings. The molecule has 390 valence electrons. The number of esters is 1. The van der Waals surface area contributed by atoms with Crippen LogP contribution in [0.15, 0.2) is 85.1 Å². The zero-order chi connectivity index (χ0) is 49.9. The molecule has 12 heteroatoms. The number of hydrogen-bond donors (Lipinski definition) is 4. The van der Waals surface area contributed by atoms with Crippen molar-refractivity contribution in [2.24, 2.45) is 0 Å². The summed E-state index contributed by atoms with van der Waals surface area (Å²) in [5.41, 5.74) is 0. The number of phosphoric ester groups is 1. The van der Waals surface area contributed by atoms with Gasteiger partial charge in [0.05, 0.1) is 13.2 Å². The number of ether oxygens (including phenoxy) is 1. The standard InChI is InChI=1S/C56H96NO10P/c1-3-5-7-9-11-13-15-17-19-21-23-25-26-28-29-31-33-35-37-39-41-43-45-47-54(59)57-53(56(61)62)51-67-68(63,64)66-50-52(58)49-65-55(60)48-46-44-42-40-38-36-34-32-30-27-24-22-20-18-16-14-12-10-8-6-4-2/h11-14,17-20,23-25,27,32,34,52-53,58H,3-10,15-16,21-22,26,28-31,33,35-51H2,1-2H3,(H,57,59)(H,61,62)(H,63,64)/b13-11-,14-12-,19-17-,20-18-,25-23-,27-24-,34-32-. The fourth-order valence-electron chi connectivity index (χ4n) is 7.01. The van der Waals surface area contributed by atoms with Crippen molar-refractivity contribution in [3.8, 4) is 0 Å². The van der Waals surface area contributed by atoms with Crippen LogP contribution in [-0.4, -0.2) is 64.9 Å². The van der Waals surface area contributed by atoms with Crippen LogP contribution < -0.4 is 5.32 Å². The lowest BCUT2D eigenvalue weighted by Gasteiger charge is -2.18. The van der Waals surface area contributed by atoms with E-state index in [1.165, 1.54) is 83.5 Å². The Morgan fingerprint density at radius 2 is 0.809 bits per heavy atom. The van der Waals surface area contributed by atoms with Crippen LogP contribution in [0.2, 0.25) is 0 Å². The van der Waals surface area contributed by atoms with Crippen LogP contribution in [0.1, 0.15) is 219 Å². The van der Waals surface area contributed by atoms with Crippen molar-refractivity contribution in [1.82, 2.24) is 5.32 Å². The van der Waals surface area contributed by atoms with Gasteiger partial charge in [-0.2, -0.15) is 0 Å². The van der Waals surface area contributed by atoms with Crippen molar-refractivity contribution in [3.63, 3.8) is 0 Å². The minimum atomic E-state index is -4.78. The second kappa shape index (κ2) is 50.1. The molecule has 0 heterocycles. The lowest BCUT2D eigenvalue weighted by atomic mass is 10.0. The summed E-state index contributed by atoms with van der Waals surface area (Å²) in [5, 5.41) is 21.9. The predicted molar refractivity (Wildman–Crippen MR) is 281 cm³/mol. The maximum atomic E-state index is 12.4. The van der Waals surface area contributed by atoms with Gasteiger partial charge in [-0.15, -0.1) is 0 Å². The zero-order valence-corrected chi connectivity index (χ0v) is 43.5. The summed E-state index contributed by atoms with van der Waals surface area (Å²) in [6.45, 7) is 2.53. The van der Waals surface area contributed by atoms with Crippen molar-refractivity contribution in [3.05, 3.63) is 85.1 Å². The first kappa shape index (κ1) is 64.7. The number of amides is 1. The molecule has 0 aromatic heterocycles. The SMILES string of the molecule is CCCCC/C=C\C/C=C\C/C=C\C/C=C\CCCCCCCC(=O)OCC(O)COP(=O)(O)OCC(NC(=O)CCCCCCCCCCCC/C=C\C/C=C\C/C=C\CCCCC)C(=O)O. The molecular weight excluding hydrogens is 878 g/mol. The average Bonchev–Trinajstić information content (AvgIpc) is 3.32. The maximum Gasteiger partial charge on any atom is 0.472 e. The van der Waals surface area contributed by atoms with E-state index in [9.17, 15) is 34.1 Å². The van der Waals surface area contributed by atoms with Crippen LogP contribution in [0.25, 0.3) is 0 Å². The minimum Gasteiger partial charge on any atom is -0.480 e. The van der Waals surface area contributed by atoms with Gasteiger partial charge in [-0.3, -0.25) is 18.6 Å². The first-order valence-corrected chi connectivity index (χ1v) is 28.1. The lowest BCUT2D eigenvalue weighted by Crippen LogP contribution is -2.43. The molecule has 68 heavy (non-hydrogen) atoms. The first-order valence-electron chi connectivity index (χ1n) is 26.6. The zero-order valence-electron chi connectivity index (χ0n) is 42.6. The second-order valence-corrected chi connectivity index (χ2v) is 19.2. The Morgan fingerprint density at radius 1 is 0.471 bits per heavy atom. The number of carboxylic acids is 1. The van der Waals surface area contributed by atoms with Crippen LogP contribution in [-0.2, 0) is 32.7 Å². The molecule has 4 N–H and O–H groups in total. The molecule has 0 aromatic carbocycles. The van der Waals surface area contributed by atoms with Crippen molar-refractivity contribution < 1.29 is 47.8 Å². The van der Waals surface area contributed by atoms with Gasteiger partial charge in [-0.1, -0.05) is 195 Å². The van der Waals surface area contributed by atoms with Gasteiger partial charge in [0.2, 0.25) is 5.91 Å². The van der Waals surface area contributed by atoms with Crippen LogP contribution in [0.5, 0.6) is 0 Å². The number of unbranched alkanes of at least 4 members (excludes halogenated alkanes) is 21. The first-order chi connectivity index (χ1) is 33.1. The molecule has 0 bridgehead atoms. The van der Waals surface area contributed by atoms with E-state index in [1.807, 2.05) is 0 Å². The number of hydrogen-bond acceptors (Lipinski definition) is 8. The molecule has 0 saturated heterocycles. The van der Waals surface area contributed by atoms with Gasteiger partial charge < -0.3 is 25.2 Å². The van der Waals surface area contributed by atoms with Gasteiger partial charge in [0.1, 0.15) is 12.7 Å². The fourth-order valence-corrected chi connectivity index (χ4v) is 7.78. The van der Waals surface area contributed by atoms with Crippen molar-refractivity contribution in [2.75, 3.05) is 19.8 Å². The van der Waals surface area contributed by atoms with Crippen LogP contribution in [0.3, 0.4) is 0 Å². The molecule has 11 nitrogen and oxygen atoms in total. The fraction of sp³-hybridized carbons (Fsp3) is 0.696. The number of aliphatic hydroxyl groups is 1. The van der Waals surface area contributed by atoms with E-state index in [0.29, 0.717) is 12.8 Å². The Labute approximate surface area is 413 Å². The summed E-state index contributed by atoms with van der Waals surface area (Å²) in [5.74, 6) is -2.40. The van der Waals surface area contributed by atoms with E-state index in [0.717, 1.165) is 96.3 Å². The number of aliphatic hydroxyl groups excluding tert-OH is 1. The molecule has 0 spiro atoms. The third-order valence-electron chi connectivity index (χ3n) is 11.2. The highest BCUT2D eigenvalue weighted by molar-refractivity contribution is 7.47. The maximum absolute atomic E-state index is 12.4. The molecule has 3 atom stereocenters. The summed E-state index contributed by atoms with van der Waals surface area (Å²) in [6, 6.07) is -1.56. The van der Waals surface area contributed by atoms with E-state index in [2.05, 4.69) is 104 Å². The number of carboxylic acid groups (broad SMARTS) is 1. The van der Waals surface area contributed by atoms with E-state index in [4.69, 9.17) is 13.8 Å². The smallest absolute Gasteiger partial charge is 0.472 e. The Bertz CT molecular complexity index is 1470. The van der Waals surface area contributed by atoms with Gasteiger partial charge in [0, 0.05) is 12.8 Å². The highest BCUT2D eigenvalue weighted by atomic mass is 31.2.